The largest absolute Gasteiger partial charge is 0.360 e. The summed E-state index contributed by atoms with van der Waals surface area (Å²) < 4.78 is 5.25. The van der Waals surface area contributed by atoms with Gasteiger partial charge in [-0.1, -0.05) is 19.0 Å². The van der Waals surface area contributed by atoms with Crippen molar-refractivity contribution in [2.24, 2.45) is 11.7 Å². The molecule has 0 saturated heterocycles. The van der Waals surface area contributed by atoms with E-state index in [1.807, 2.05) is 6.07 Å². The molecule has 4 nitrogen and oxygen atoms in total. The monoisotopic (exact) mass is 225 g/mol. The Morgan fingerprint density at radius 1 is 1.38 bits per heavy atom. The summed E-state index contributed by atoms with van der Waals surface area (Å²) in [7, 11) is 0. The van der Waals surface area contributed by atoms with Gasteiger partial charge in [0.25, 0.3) is 0 Å². The molecule has 0 amide bonds. The predicted octanol–water partition coefficient (Wildman–Crippen LogP) is 2.00. The molecular weight excluding hydrogens is 202 g/mol. The van der Waals surface area contributed by atoms with Crippen molar-refractivity contribution in [1.29, 1.82) is 0 Å². The van der Waals surface area contributed by atoms with Crippen LogP contribution in [0.4, 0.5) is 0 Å². The lowest BCUT2D eigenvalue weighted by molar-refractivity contribution is 0.169. The smallest absolute Gasteiger partial charge is 0.151 e. The zero-order valence-corrected chi connectivity index (χ0v) is 10.7. The van der Waals surface area contributed by atoms with Crippen LogP contribution in [0.15, 0.2) is 10.6 Å². The quantitative estimate of drug-likeness (QED) is 0.804. The van der Waals surface area contributed by atoms with Crippen LogP contribution in [0.1, 0.15) is 39.1 Å². The lowest BCUT2D eigenvalue weighted by Gasteiger charge is -2.26. The van der Waals surface area contributed by atoms with Gasteiger partial charge in [-0.05, 0) is 19.8 Å². The molecule has 1 heterocycles. The van der Waals surface area contributed by atoms with E-state index < -0.39 is 0 Å². The van der Waals surface area contributed by atoms with E-state index in [2.05, 4.69) is 37.8 Å². The maximum atomic E-state index is 5.50. The van der Waals surface area contributed by atoms with Gasteiger partial charge in [0.05, 0.1) is 12.2 Å². The van der Waals surface area contributed by atoms with E-state index in [0.717, 1.165) is 24.5 Å². The summed E-state index contributed by atoms with van der Waals surface area (Å²) in [6.07, 6.45) is 0. The Bertz CT molecular complexity index is 307. The first-order valence-electron chi connectivity index (χ1n) is 5.91. The van der Waals surface area contributed by atoms with E-state index in [0.29, 0.717) is 18.5 Å². The van der Waals surface area contributed by atoms with Gasteiger partial charge in [0.2, 0.25) is 0 Å². The molecule has 0 atom stereocenters. The van der Waals surface area contributed by atoms with Crippen LogP contribution >= 0.6 is 0 Å². The molecule has 0 aliphatic heterocycles. The molecule has 16 heavy (non-hydrogen) atoms. The second kappa shape index (κ2) is 6.01. The summed E-state index contributed by atoms with van der Waals surface area (Å²) in [4.78, 5) is 2.38. The molecule has 4 heteroatoms. The second-order valence-electron chi connectivity index (χ2n) is 4.91. The van der Waals surface area contributed by atoms with Crippen molar-refractivity contribution < 1.29 is 4.52 Å². The molecule has 1 aromatic heterocycles. The maximum absolute atomic E-state index is 5.50. The minimum absolute atomic E-state index is 0.440. The fraction of sp³-hybridized carbons (Fsp3) is 0.750. The van der Waals surface area contributed by atoms with Crippen LogP contribution in [0.3, 0.4) is 0 Å². The highest BCUT2D eigenvalue weighted by atomic mass is 16.5. The summed E-state index contributed by atoms with van der Waals surface area (Å²) >= 11 is 0. The van der Waals surface area contributed by atoms with Gasteiger partial charge in [-0.3, -0.25) is 4.90 Å². The van der Waals surface area contributed by atoms with Crippen molar-refractivity contribution in [3.63, 3.8) is 0 Å². The van der Waals surface area contributed by atoms with E-state index >= 15 is 0 Å². The molecule has 0 aliphatic carbocycles. The highest BCUT2D eigenvalue weighted by Crippen LogP contribution is 2.11. The van der Waals surface area contributed by atoms with Crippen LogP contribution in [0.25, 0.3) is 0 Å². The first kappa shape index (κ1) is 13.2. The summed E-state index contributed by atoms with van der Waals surface area (Å²) in [6.45, 7) is 11.2. The van der Waals surface area contributed by atoms with Crippen LogP contribution in [0.2, 0.25) is 0 Å². The number of aromatic nitrogens is 1. The van der Waals surface area contributed by atoms with Gasteiger partial charge >= 0.3 is 0 Å². The van der Waals surface area contributed by atoms with Gasteiger partial charge in [0.15, 0.2) is 5.76 Å². The Kier molecular flexibility index (Phi) is 4.96. The minimum Gasteiger partial charge on any atom is -0.360 e. The van der Waals surface area contributed by atoms with Crippen LogP contribution < -0.4 is 5.73 Å². The van der Waals surface area contributed by atoms with Crippen LogP contribution in [0, 0.1) is 5.92 Å². The Balaban J connectivity index is 2.60. The average molecular weight is 225 g/mol. The highest BCUT2D eigenvalue weighted by molar-refractivity contribution is 5.04. The third kappa shape index (κ3) is 3.94. The standard InChI is InChI=1S/C12H23N3O/c1-9(2)7-15(10(3)4)8-12-5-11(6-13)14-16-12/h5,9-10H,6-8,13H2,1-4H3. The van der Waals surface area contributed by atoms with Crippen LogP contribution in [0.5, 0.6) is 0 Å². The van der Waals surface area contributed by atoms with Gasteiger partial charge in [-0.2, -0.15) is 0 Å². The van der Waals surface area contributed by atoms with Crippen molar-refractivity contribution in [2.45, 2.75) is 46.8 Å². The van der Waals surface area contributed by atoms with Crippen molar-refractivity contribution >= 4 is 0 Å². The number of rotatable bonds is 6. The topological polar surface area (TPSA) is 55.3 Å². The summed E-state index contributed by atoms with van der Waals surface area (Å²) in [5.41, 5.74) is 6.32. The zero-order valence-electron chi connectivity index (χ0n) is 10.7. The molecule has 0 bridgehead atoms. The van der Waals surface area contributed by atoms with E-state index in [1.165, 1.54) is 0 Å². The fourth-order valence-electron chi connectivity index (χ4n) is 1.65. The molecule has 2 N–H and O–H groups in total. The Morgan fingerprint density at radius 3 is 2.50 bits per heavy atom. The second-order valence-corrected chi connectivity index (χ2v) is 4.91. The molecule has 0 fully saturated rings. The highest BCUT2D eigenvalue weighted by Gasteiger charge is 2.14. The van der Waals surface area contributed by atoms with Crippen molar-refractivity contribution in [2.75, 3.05) is 6.54 Å². The zero-order chi connectivity index (χ0) is 12.1. The summed E-state index contributed by atoms with van der Waals surface area (Å²) in [5, 5.41) is 3.90. The summed E-state index contributed by atoms with van der Waals surface area (Å²) in [5.74, 6) is 1.55. The molecule has 0 unspecified atom stereocenters. The average Bonchev–Trinajstić information content (AvgIpc) is 2.63. The van der Waals surface area contributed by atoms with Crippen LogP contribution in [-0.4, -0.2) is 22.6 Å². The summed E-state index contributed by atoms with van der Waals surface area (Å²) in [6, 6.07) is 2.45. The van der Waals surface area contributed by atoms with Crippen LogP contribution in [-0.2, 0) is 13.1 Å². The lowest BCUT2D eigenvalue weighted by atomic mass is 10.1. The number of nitrogens with zero attached hydrogens (tertiary/aromatic N) is 2. The van der Waals surface area contributed by atoms with Gasteiger partial charge in [0, 0.05) is 25.2 Å². The van der Waals surface area contributed by atoms with Gasteiger partial charge < -0.3 is 10.3 Å². The molecule has 92 valence electrons. The third-order valence-corrected chi connectivity index (χ3v) is 2.51. The minimum atomic E-state index is 0.440. The third-order valence-electron chi connectivity index (χ3n) is 2.51. The number of nitrogens with two attached hydrogens (primary N) is 1. The van der Waals surface area contributed by atoms with Gasteiger partial charge in [0.1, 0.15) is 0 Å². The van der Waals surface area contributed by atoms with Crippen molar-refractivity contribution in [3.05, 3.63) is 17.5 Å². The Labute approximate surface area is 97.8 Å². The SMILES string of the molecule is CC(C)CN(Cc1cc(CN)no1)C(C)C. The fourth-order valence-corrected chi connectivity index (χ4v) is 1.65. The van der Waals surface area contributed by atoms with Crippen molar-refractivity contribution in [1.82, 2.24) is 10.1 Å². The molecule has 0 spiro atoms. The maximum Gasteiger partial charge on any atom is 0.151 e. The molecule has 0 aliphatic rings. The molecule has 0 radical (unpaired) electrons. The van der Waals surface area contributed by atoms with E-state index in [9.17, 15) is 0 Å². The molecule has 0 aromatic carbocycles. The molecule has 1 aromatic rings. The van der Waals surface area contributed by atoms with Gasteiger partial charge in [-0.25, -0.2) is 0 Å². The van der Waals surface area contributed by atoms with Crippen molar-refractivity contribution in [3.8, 4) is 0 Å². The van der Waals surface area contributed by atoms with E-state index in [1.54, 1.807) is 0 Å². The first-order chi connectivity index (χ1) is 7.52. The Morgan fingerprint density at radius 2 is 2.06 bits per heavy atom. The van der Waals surface area contributed by atoms with E-state index in [-0.39, 0.29) is 0 Å². The molecule has 1 rings (SSSR count). The lowest BCUT2D eigenvalue weighted by Crippen LogP contribution is -2.33. The number of hydrogen-bond donors (Lipinski definition) is 1. The first-order valence-corrected chi connectivity index (χ1v) is 5.91. The predicted molar refractivity (Wildman–Crippen MR) is 64.8 cm³/mol. The normalized spacial score (nSPS) is 12.0. The van der Waals surface area contributed by atoms with E-state index in [4.69, 9.17) is 10.3 Å². The molecular formula is C12H23N3O. The Hall–Kier alpha value is -0.870. The van der Waals surface area contributed by atoms with Gasteiger partial charge in [-0.15, -0.1) is 0 Å². The molecule has 0 saturated carbocycles. The number of hydrogen-bond acceptors (Lipinski definition) is 4.